The fourth-order valence-corrected chi connectivity index (χ4v) is 2.20. The average molecular weight is 202 g/mol. The molecular weight excluding hydrogens is 184 g/mol. The third kappa shape index (κ3) is 1.55. The summed E-state index contributed by atoms with van der Waals surface area (Å²) in [4.78, 5) is 0. The van der Waals surface area contributed by atoms with Crippen LogP contribution in [-0.4, -0.2) is 11.6 Å². The van der Waals surface area contributed by atoms with Crippen LogP contribution in [-0.2, 0) is 7.05 Å². The lowest BCUT2D eigenvalue weighted by atomic mass is 10.1. The van der Waals surface area contributed by atoms with Crippen LogP contribution in [0, 0.1) is 6.92 Å². The maximum absolute atomic E-state index is 3.28. The van der Waals surface area contributed by atoms with E-state index in [9.17, 15) is 0 Å². The minimum absolute atomic E-state index is 0.391. The molecule has 2 aromatic rings. The van der Waals surface area contributed by atoms with Crippen molar-refractivity contribution >= 4 is 10.9 Å². The van der Waals surface area contributed by atoms with Gasteiger partial charge in [0.2, 0.25) is 0 Å². The Bertz CT molecular complexity index is 482. The fraction of sp³-hybridized carbons (Fsp3) is 0.385. The van der Waals surface area contributed by atoms with Crippen LogP contribution in [0.25, 0.3) is 10.9 Å². The van der Waals surface area contributed by atoms with E-state index in [0.29, 0.717) is 6.04 Å². The number of benzene rings is 1. The van der Waals surface area contributed by atoms with E-state index in [1.54, 1.807) is 0 Å². The summed E-state index contributed by atoms with van der Waals surface area (Å²) in [6.07, 6.45) is 0. The molecule has 0 amide bonds. The first-order chi connectivity index (χ1) is 7.15. The second-order valence-corrected chi connectivity index (χ2v) is 4.15. The summed E-state index contributed by atoms with van der Waals surface area (Å²) in [6, 6.07) is 9.11. The van der Waals surface area contributed by atoms with Gasteiger partial charge in [-0.3, -0.25) is 0 Å². The Labute approximate surface area is 90.9 Å². The Morgan fingerprint density at radius 3 is 2.67 bits per heavy atom. The van der Waals surface area contributed by atoms with Crippen LogP contribution in [0.4, 0.5) is 0 Å². The van der Waals surface area contributed by atoms with E-state index < -0.39 is 0 Å². The Kier molecular flexibility index (Phi) is 2.53. The molecule has 0 saturated heterocycles. The molecule has 1 heterocycles. The Morgan fingerprint density at radius 1 is 1.33 bits per heavy atom. The van der Waals surface area contributed by atoms with Crippen LogP contribution in [0.2, 0.25) is 0 Å². The van der Waals surface area contributed by atoms with E-state index in [0.717, 1.165) is 0 Å². The summed E-state index contributed by atoms with van der Waals surface area (Å²) in [6.45, 7) is 4.35. The molecule has 0 fully saturated rings. The normalized spacial score (nSPS) is 13.3. The molecule has 80 valence electrons. The molecule has 1 aromatic heterocycles. The second kappa shape index (κ2) is 3.70. The first kappa shape index (κ1) is 10.2. The zero-order valence-electron chi connectivity index (χ0n) is 9.83. The van der Waals surface area contributed by atoms with Crippen LogP contribution in [0.3, 0.4) is 0 Å². The van der Waals surface area contributed by atoms with Gasteiger partial charge < -0.3 is 9.88 Å². The van der Waals surface area contributed by atoms with Crippen molar-refractivity contribution in [2.75, 3.05) is 7.05 Å². The van der Waals surface area contributed by atoms with Crippen molar-refractivity contribution in [2.45, 2.75) is 19.9 Å². The zero-order valence-corrected chi connectivity index (χ0v) is 9.83. The average Bonchev–Trinajstić information content (AvgIpc) is 2.56. The van der Waals surface area contributed by atoms with Crippen LogP contribution >= 0.6 is 0 Å². The lowest BCUT2D eigenvalue weighted by molar-refractivity contribution is 0.609. The quantitative estimate of drug-likeness (QED) is 0.792. The summed E-state index contributed by atoms with van der Waals surface area (Å²) >= 11 is 0. The molecule has 1 atom stereocenters. The molecule has 0 aliphatic rings. The highest BCUT2D eigenvalue weighted by Crippen LogP contribution is 2.25. The third-order valence-electron chi connectivity index (χ3n) is 3.17. The van der Waals surface area contributed by atoms with Gasteiger partial charge in [0, 0.05) is 24.2 Å². The van der Waals surface area contributed by atoms with Crippen molar-refractivity contribution in [3.05, 3.63) is 35.5 Å². The van der Waals surface area contributed by atoms with Gasteiger partial charge in [-0.05, 0) is 32.5 Å². The van der Waals surface area contributed by atoms with Crippen LogP contribution in [0.1, 0.15) is 24.2 Å². The summed E-state index contributed by atoms with van der Waals surface area (Å²) in [5.41, 5.74) is 4.01. The van der Waals surface area contributed by atoms with Crippen LogP contribution < -0.4 is 5.32 Å². The van der Waals surface area contributed by atoms with E-state index in [2.05, 4.69) is 55.0 Å². The number of nitrogens with zero attached hydrogens (tertiary/aromatic N) is 1. The third-order valence-corrected chi connectivity index (χ3v) is 3.17. The molecule has 15 heavy (non-hydrogen) atoms. The molecule has 0 spiro atoms. The minimum Gasteiger partial charge on any atom is -0.346 e. The SMILES string of the molecule is CNC(C)c1cc2cccc(C)c2n1C. The van der Waals surface area contributed by atoms with E-state index >= 15 is 0 Å². The number of nitrogens with one attached hydrogen (secondary N) is 1. The van der Waals surface area contributed by atoms with Gasteiger partial charge in [-0.15, -0.1) is 0 Å². The maximum atomic E-state index is 3.28. The number of rotatable bonds is 2. The molecule has 0 saturated carbocycles. The molecule has 1 N–H and O–H groups in total. The highest BCUT2D eigenvalue weighted by Gasteiger charge is 2.11. The van der Waals surface area contributed by atoms with E-state index in [1.807, 2.05) is 7.05 Å². The lowest BCUT2D eigenvalue weighted by Gasteiger charge is -2.12. The van der Waals surface area contributed by atoms with E-state index in [-0.39, 0.29) is 0 Å². The summed E-state index contributed by atoms with van der Waals surface area (Å²) in [7, 11) is 4.13. The number of hydrogen-bond acceptors (Lipinski definition) is 1. The highest BCUT2D eigenvalue weighted by molar-refractivity contribution is 5.84. The van der Waals surface area contributed by atoms with Gasteiger partial charge in [-0.25, -0.2) is 0 Å². The first-order valence-electron chi connectivity index (χ1n) is 5.37. The molecule has 0 aliphatic heterocycles. The molecule has 2 rings (SSSR count). The predicted octanol–water partition coefficient (Wildman–Crippen LogP) is 2.77. The molecule has 2 heteroatoms. The zero-order chi connectivity index (χ0) is 11.0. The topological polar surface area (TPSA) is 17.0 Å². The largest absolute Gasteiger partial charge is 0.346 e. The number of hydrogen-bond donors (Lipinski definition) is 1. The van der Waals surface area contributed by atoms with E-state index in [4.69, 9.17) is 0 Å². The first-order valence-corrected chi connectivity index (χ1v) is 5.37. The van der Waals surface area contributed by atoms with Gasteiger partial charge in [0.05, 0.1) is 5.52 Å². The highest BCUT2D eigenvalue weighted by atomic mass is 15.0. The summed E-state index contributed by atoms with van der Waals surface area (Å²) < 4.78 is 2.28. The van der Waals surface area contributed by atoms with Crippen molar-refractivity contribution < 1.29 is 0 Å². The molecule has 0 bridgehead atoms. The van der Waals surface area contributed by atoms with Gasteiger partial charge in [-0.2, -0.15) is 0 Å². The van der Waals surface area contributed by atoms with Gasteiger partial charge in [0.15, 0.2) is 0 Å². The predicted molar refractivity (Wildman–Crippen MR) is 65.1 cm³/mol. The summed E-state index contributed by atoms with van der Waals surface area (Å²) in [5.74, 6) is 0. The molecule has 1 aromatic carbocycles. The standard InChI is InChI=1S/C13H18N2/c1-9-6-5-7-11-8-12(10(2)14-3)15(4)13(9)11/h5-8,10,14H,1-4H3. The number of para-hydroxylation sites is 1. The molecule has 1 unspecified atom stereocenters. The number of fused-ring (bicyclic) bond motifs is 1. The van der Waals surface area contributed by atoms with Gasteiger partial charge in [0.25, 0.3) is 0 Å². The molecular formula is C13H18N2. The Morgan fingerprint density at radius 2 is 2.07 bits per heavy atom. The van der Waals surface area contributed by atoms with Gasteiger partial charge in [-0.1, -0.05) is 18.2 Å². The maximum Gasteiger partial charge on any atom is 0.0510 e. The van der Waals surface area contributed by atoms with Crippen molar-refractivity contribution in [2.24, 2.45) is 7.05 Å². The molecule has 0 radical (unpaired) electrons. The number of aryl methyl sites for hydroxylation is 2. The Balaban J connectivity index is 2.70. The fourth-order valence-electron chi connectivity index (χ4n) is 2.20. The van der Waals surface area contributed by atoms with E-state index in [1.165, 1.54) is 22.2 Å². The second-order valence-electron chi connectivity index (χ2n) is 4.15. The Hall–Kier alpha value is -1.28. The van der Waals surface area contributed by atoms with Crippen molar-refractivity contribution in [3.63, 3.8) is 0 Å². The number of aromatic nitrogens is 1. The van der Waals surface area contributed by atoms with Crippen molar-refractivity contribution in [1.29, 1.82) is 0 Å². The van der Waals surface area contributed by atoms with Crippen molar-refractivity contribution in [3.8, 4) is 0 Å². The smallest absolute Gasteiger partial charge is 0.0510 e. The van der Waals surface area contributed by atoms with Crippen LogP contribution in [0.15, 0.2) is 24.3 Å². The monoisotopic (exact) mass is 202 g/mol. The van der Waals surface area contributed by atoms with Crippen molar-refractivity contribution in [1.82, 2.24) is 9.88 Å². The van der Waals surface area contributed by atoms with Gasteiger partial charge in [0.1, 0.15) is 0 Å². The van der Waals surface area contributed by atoms with Crippen LogP contribution in [0.5, 0.6) is 0 Å². The molecule has 0 aliphatic carbocycles. The minimum atomic E-state index is 0.391. The van der Waals surface area contributed by atoms with Gasteiger partial charge >= 0.3 is 0 Å². The molecule has 2 nitrogen and oxygen atoms in total. The lowest BCUT2D eigenvalue weighted by Crippen LogP contribution is -2.15. The summed E-state index contributed by atoms with van der Waals surface area (Å²) in [5, 5.41) is 4.61.